The molecule has 0 N–H and O–H groups in total. The van der Waals surface area contributed by atoms with Gasteiger partial charge in [-0.15, -0.1) is 0 Å². The molecule has 0 radical (unpaired) electrons. The van der Waals surface area contributed by atoms with Gasteiger partial charge in [0.05, 0.1) is 6.61 Å². The first-order valence-electron chi connectivity index (χ1n) is 4.39. The summed E-state index contributed by atoms with van der Waals surface area (Å²) in [5, 5.41) is 0. The smallest absolute Gasteiger partial charge is 0.395 e. The molecule has 0 aromatic heterocycles. The molecule has 0 saturated carbocycles. The Labute approximate surface area is 91.7 Å². The minimum absolute atomic E-state index is 0.334. The van der Waals surface area contributed by atoms with Gasteiger partial charge in [-0.1, -0.05) is 0 Å². The highest BCUT2D eigenvalue weighted by molar-refractivity contribution is 5.70. The number of carbonyl (C=O) groups is 1. The Morgan fingerprint density at radius 2 is 1.47 bits per heavy atom. The maximum atomic E-state index is 12.8. The zero-order valence-electron chi connectivity index (χ0n) is 8.58. The van der Waals surface area contributed by atoms with E-state index in [1.807, 2.05) is 0 Å². The molecular formula is C8H9F7O2. The molecule has 0 atom stereocenters. The Morgan fingerprint density at radius 1 is 1.00 bits per heavy atom. The molecule has 17 heavy (non-hydrogen) atoms. The van der Waals surface area contributed by atoms with Crippen molar-refractivity contribution >= 4 is 5.97 Å². The summed E-state index contributed by atoms with van der Waals surface area (Å²) in [6, 6.07) is 0. The van der Waals surface area contributed by atoms with Gasteiger partial charge >= 0.3 is 24.0 Å². The first-order valence-corrected chi connectivity index (χ1v) is 4.39. The molecule has 0 amide bonds. The molecule has 9 heteroatoms. The maximum absolute atomic E-state index is 12.8. The minimum atomic E-state index is -5.46. The Kier molecular flexibility index (Phi) is 4.79. The molecule has 0 spiro atoms. The monoisotopic (exact) mass is 270 g/mol. The molecule has 0 aromatic carbocycles. The van der Waals surface area contributed by atoms with Gasteiger partial charge in [-0.25, -0.2) is 0 Å². The van der Waals surface area contributed by atoms with Crippen LogP contribution in [0.25, 0.3) is 0 Å². The molecule has 0 aliphatic heterocycles. The quantitative estimate of drug-likeness (QED) is 0.566. The van der Waals surface area contributed by atoms with Crippen LogP contribution in [-0.4, -0.2) is 30.6 Å². The molecule has 0 unspecified atom stereocenters. The molecule has 0 rings (SSSR count). The van der Waals surface area contributed by atoms with Gasteiger partial charge in [0.15, 0.2) is 0 Å². The van der Waals surface area contributed by atoms with Crippen LogP contribution in [0.3, 0.4) is 0 Å². The van der Waals surface area contributed by atoms with Crippen molar-refractivity contribution in [1.29, 1.82) is 0 Å². The number of carbonyl (C=O) groups excluding carboxylic acids is 1. The third kappa shape index (κ3) is 5.22. The zero-order chi connectivity index (χ0) is 13.9. The van der Waals surface area contributed by atoms with Crippen LogP contribution < -0.4 is 0 Å². The maximum Gasteiger partial charge on any atom is 0.395 e. The van der Waals surface area contributed by atoms with E-state index in [2.05, 4.69) is 4.74 Å². The molecule has 0 aliphatic carbocycles. The van der Waals surface area contributed by atoms with Gasteiger partial charge in [0, 0.05) is 0 Å². The lowest BCUT2D eigenvalue weighted by atomic mass is 10.1. The predicted octanol–water partition coefficient (Wildman–Crippen LogP) is 3.16. The van der Waals surface area contributed by atoms with Crippen molar-refractivity contribution in [1.82, 2.24) is 0 Å². The minimum Gasteiger partial charge on any atom is -0.466 e. The summed E-state index contributed by atoms with van der Waals surface area (Å²) < 4.78 is 89.6. The van der Waals surface area contributed by atoms with Crippen molar-refractivity contribution in [2.75, 3.05) is 6.61 Å². The Balaban J connectivity index is 4.72. The Morgan fingerprint density at radius 3 is 1.82 bits per heavy atom. The van der Waals surface area contributed by atoms with Gasteiger partial charge in [-0.3, -0.25) is 4.79 Å². The fourth-order valence-corrected chi connectivity index (χ4v) is 0.904. The lowest BCUT2D eigenvalue weighted by molar-refractivity contribution is -0.266. The number of hydrogen-bond donors (Lipinski definition) is 0. The van der Waals surface area contributed by atoms with Crippen molar-refractivity contribution in [3.63, 3.8) is 0 Å². The van der Waals surface area contributed by atoms with E-state index in [0.29, 0.717) is 0 Å². The number of ether oxygens (including phenoxy) is 1. The molecule has 2 nitrogen and oxygen atoms in total. The first-order chi connectivity index (χ1) is 7.41. The van der Waals surface area contributed by atoms with Crippen molar-refractivity contribution in [2.45, 2.75) is 37.8 Å². The average molecular weight is 270 g/mol. The van der Waals surface area contributed by atoms with Gasteiger partial charge in [0.2, 0.25) is 0 Å². The molecule has 0 heterocycles. The highest BCUT2D eigenvalue weighted by Crippen LogP contribution is 2.44. The van der Waals surface area contributed by atoms with Crippen LogP contribution in [0.15, 0.2) is 0 Å². The van der Waals surface area contributed by atoms with E-state index in [9.17, 15) is 35.5 Å². The van der Waals surface area contributed by atoms with Crippen molar-refractivity contribution in [3.8, 4) is 0 Å². The normalized spacial score (nSPS) is 13.6. The molecule has 0 fully saturated rings. The zero-order valence-corrected chi connectivity index (χ0v) is 8.58. The fraction of sp³-hybridized carbons (Fsp3) is 0.875. The van der Waals surface area contributed by atoms with Crippen molar-refractivity contribution in [3.05, 3.63) is 0 Å². The topological polar surface area (TPSA) is 26.3 Å². The van der Waals surface area contributed by atoms with E-state index in [1.54, 1.807) is 0 Å². The van der Waals surface area contributed by atoms with Gasteiger partial charge in [-0.2, -0.15) is 30.7 Å². The molecule has 0 bridgehead atoms. The summed E-state index contributed by atoms with van der Waals surface area (Å²) in [4.78, 5) is 10.6. The lowest BCUT2D eigenvalue weighted by Gasteiger charge is -2.26. The Bertz CT molecular complexity index is 272. The van der Waals surface area contributed by atoms with E-state index < -0.39 is 36.8 Å². The number of hydrogen-bond acceptors (Lipinski definition) is 2. The molecular weight excluding hydrogens is 261 g/mol. The molecule has 102 valence electrons. The van der Waals surface area contributed by atoms with E-state index in [1.165, 1.54) is 6.92 Å². The first kappa shape index (κ1) is 16.0. The standard InChI is InChI=1S/C8H9F7O2/c1-2-17-5(16)3-6(9,10)7(11,12)4-8(13,14)15/h2-4H2,1H3. The van der Waals surface area contributed by atoms with Crippen LogP contribution in [0.5, 0.6) is 0 Å². The van der Waals surface area contributed by atoms with Gasteiger partial charge < -0.3 is 4.74 Å². The van der Waals surface area contributed by atoms with E-state index in [0.717, 1.165) is 0 Å². The fourth-order valence-electron chi connectivity index (χ4n) is 0.904. The summed E-state index contributed by atoms with van der Waals surface area (Å²) in [5.74, 6) is -12.1. The lowest BCUT2D eigenvalue weighted by Crippen LogP contribution is -2.45. The molecule has 0 aromatic rings. The van der Waals surface area contributed by atoms with Crippen LogP contribution >= 0.6 is 0 Å². The van der Waals surface area contributed by atoms with E-state index >= 15 is 0 Å². The van der Waals surface area contributed by atoms with Crippen LogP contribution in [0.4, 0.5) is 30.7 Å². The summed E-state index contributed by atoms with van der Waals surface area (Å²) in [7, 11) is 0. The van der Waals surface area contributed by atoms with Gasteiger partial charge in [0.1, 0.15) is 12.8 Å². The van der Waals surface area contributed by atoms with Crippen LogP contribution in [-0.2, 0) is 9.53 Å². The second kappa shape index (κ2) is 5.09. The average Bonchev–Trinajstić information content (AvgIpc) is 1.97. The summed E-state index contributed by atoms with van der Waals surface area (Å²) >= 11 is 0. The van der Waals surface area contributed by atoms with Crippen molar-refractivity contribution in [2.24, 2.45) is 0 Å². The number of alkyl halides is 7. The van der Waals surface area contributed by atoms with Crippen LogP contribution in [0.1, 0.15) is 19.8 Å². The van der Waals surface area contributed by atoms with E-state index in [4.69, 9.17) is 0 Å². The Hall–Kier alpha value is -1.02. The number of halogens is 7. The van der Waals surface area contributed by atoms with Gasteiger partial charge in [-0.05, 0) is 6.92 Å². The molecule has 0 aliphatic rings. The van der Waals surface area contributed by atoms with Crippen LogP contribution in [0.2, 0.25) is 0 Å². The number of esters is 1. The summed E-state index contributed by atoms with van der Waals surface area (Å²) in [6.45, 7) is 0.906. The second-order valence-electron chi connectivity index (χ2n) is 3.18. The highest BCUT2D eigenvalue weighted by atomic mass is 19.4. The van der Waals surface area contributed by atoms with E-state index in [-0.39, 0.29) is 6.61 Å². The third-order valence-corrected chi connectivity index (χ3v) is 1.63. The van der Waals surface area contributed by atoms with Crippen LogP contribution in [0, 0.1) is 0 Å². The third-order valence-electron chi connectivity index (χ3n) is 1.63. The number of rotatable bonds is 5. The predicted molar refractivity (Wildman–Crippen MR) is 41.8 cm³/mol. The summed E-state index contributed by atoms with van der Waals surface area (Å²) in [6.07, 6.45) is -10.5. The second-order valence-corrected chi connectivity index (χ2v) is 3.18. The van der Waals surface area contributed by atoms with Gasteiger partial charge in [0.25, 0.3) is 0 Å². The largest absolute Gasteiger partial charge is 0.466 e. The summed E-state index contributed by atoms with van der Waals surface area (Å²) in [5.41, 5.74) is 0. The SMILES string of the molecule is CCOC(=O)CC(F)(F)C(F)(F)CC(F)(F)F. The highest BCUT2D eigenvalue weighted by Gasteiger charge is 2.61. The van der Waals surface area contributed by atoms with Crippen molar-refractivity contribution < 1.29 is 40.3 Å². The molecule has 0 saturated heterocycles.